The summed E-state index contributed by atoms with van der Waals surface area (Å²) in [6.45, 7) is 11.6. The normalized spacial score (nSPS) is 27.5. The quantitative estimate of drug-likeness (QED) is 0.187. The third kappa shape index (κ3) is 11.7. The summed E-state index contributed by atoms with van der Waals surface area (Å²) >= 11 is 0. The highest BCUT2D eigenvalue weighted by molar-refractivity contribution is 6.44. The second-order valence-corrected chi connectivity index (χ2v) is 13.0. The second kappa shape index (κ2) is 15.8. The minimum absolute atomic E-state index is 0.266. The molecule has 0 radical (unpaired) electrons. The summed E-state index contributed by atoms with van der Waals surface area (Å²) in [5.41, 5.74) is 0. The summed E-state index contributed by atoms with van der Waals surface area (Å²) in [6.07, 6.45) is 20.8. The van der Waals surface area contributed by atoms with E-state index in [0.717, 1.165) is 36.8 Å². The minimum atomic E-state index is -1.55. The van der Waals surface area contributed by atoms with Gasteiger partial charge in [-0.05, 0) is 96.4 Å². The van der Waals surface area contributed by atoms with Gasteiger partial charge in [-0.3, -0.25) is 0 Å². The Morgan fingerprint density at radius 2 is 1.29 bits per heavy atom. The minimum Gasteiger partial charge on any atom is -0.394 e. The van der Waals surface area contributed by atoms with Crippen LogP contribution in [0.15, 0.2) is 0 Å². The fourth-order valence-corrected chi connectivity index (χ4v) is 7.86. The molecule has 0 aromatic carbocycles. The van der Waals surface area contributed by atoms with E-state index in [2.05, 4.69) is 34.6 Å². The van der Waals surface area contributed by atoms with Gasteiger partial charge in [0.25, 0.3) is 0 Å². The third-order valence-electron chi connectivity index (χ3n) is 7.53. The summed E-state index contributed by atoms with van der Waals surface area (Å²) in [6, 6.07) is 1.06. The zero-order chi connectivity index (χ0) is 22.5. The van der Waals surface area contributed by atoms with Crippen molar-refractivity contribution in [2.45, 2.75) is 149 Å². The van der Waals surface area contributed by atoms with Crippen LogP contribution in [0.4, 0.5) is 0 Å². The standard InChI is InChI=1S/C27H54O3Si/c1-6-7-8-9-11-24-12-14-25(15-13-24)26-16-18-27(19-17-26)28-20-10-21-31(29-22(2)3)30-23(4)5/h22-27,31H,6-21H2,1-5H3. The van der Waals surface area contributed by atoms with E-state index in [9.17, 15) is 0 Å². The predicted octanol–water partition coefficient (Wildman–Crippen LogP) is 7.80. The van der Waals surface area contributed by atoms with Crippen molar-refractivity contribution in [3.05, 3.63) is 0 Å². The van der Waals surface area contributed by atoms with Crippen molar-refractivity contribution in [2.75, 3.05) is 6.61 Å². The van der Waals surface area contributed by atoms with Crippen molar-refractivity contribution in [3.8, 4) is 0 Å². The Morgan fingerprint density at radius 3 is 1.84 bits per heavy atom. The molecule has 0 aromatic rings. The van der Waals surface area contributed by atoms with Crippen molar-refractivity contribution < 1.29 is 13.6 Å². The lowest BCUT2D eigenvalue weighted by Gasteiger charge is -2.38. The fraction of sp³-hybridized carbons (Fsp3) is 1.00. The molecule has 2 fully saturated rings. The van der Waals surface area contributed by atoms with Crippen LogP contribution in [0.25, 0.3) is 0 Å². The molecule has 184 valence electrons. The zero-order valence-electron chi connectivity index (χ0n) is 21.6. The average Bonchev–Trinajstić information content (AvgIpc) is 2.74. The highest BCUT2D eigenvalue weighted by atomic mass is 28.3. The summed E-state index contributed by atoms with van der Waals surface area (Å²) in [7, 11) is -1.55. The number of hydrogen-bond donors (Lipinski definition) is 0. The van der Waals surface area contributed by atoms with E-state index in [0.29, 0.717) is 6.10 Å². The van der Waals surface area contributed by atoms with Gasteiger partial charge in [0.2, 0.25) is 0 Å². The monoisotopic (exact) mass is 454 g/mol. The molecule has 0 atom stereocenters. The van der Waals surface area contributed by atoms with Crippen LogP contribution in [0.2, 0.25) is 6.04 Å². The maximum absolute atomic E-state index is 6.27. The van der Waals surface area contributed by atoms with Crippen molar-refractivity contribution in [2.24, 2.45) is 17.8 Å². The molecule has 2 saturated carbocycles. The molecular formula is C27H54O3Si. The molecule has 0 unspecified atom stereocenters. The summed E-state index contributed by atoms with van der Waals surface area (Å²) in [5.74, 6) is 3.04. The van der Waals surface area contributed by atoms with Gasteiger partial charge in [-0.25, -0.2) is 0 Å². The third-order valence-corrected chi connectivity index (χ3v) is 10.1. The van der Waals surface area contributed by atoms with E-state index in [1.807, 2.05) is 0 Å². The first-order valence-electron chi connectivity index (χ1n) is 13.9. The van der Waals surface area contributed by atoms with Crippen LogP contribution < -0.4 is 0 Å². The molecule has 4 heteroatoms. The lowest BCUT2D eigenvalue weighted by molar-refractivity contribution is 0.00628. The molecule has 0 amide bonds. The van der Waals surface area contributed by atoms with E-state index >= 15 is 0 Å². The second-order valence-electron chi connectivity index (χ2n) is 11.0. The number of ether oxygens (including phenoxy) is 1. The lowest BCUT2D eigenvalue weighted by Crippen LogP contribution is -2.30. The van der Waals surface area contributed by atoms with E-state index in [-0.39, 0.29) is 12.2 Å². The molecule has 0 saturated heterocycles. The molecule has 0 N–H and O–H groups in total. The molecule has 0 aromatic heterocycles. The Hall–Kier alpha value is 0.0969. The van der Waals surface area contributed by atoms with Crippen molar-refractivity contribution >= 4 is 9.28 Å². The van der Waals surface area contributed by atoms with E-state index < -0.39 is 9.28 Å². The smallest absolute Gasteiger partial charge is 0.321 e. The SMILES string of the molecule is CCCCCCC1CCC(C2CCC(OCCC[SiH](OC(C)C)OC(C)C)CC2)CC1. The average molecular weight is 455 g/mol. The van der Waals surface area contributed by atoms with Gasteiger partial charge in [0.15, 0.2) is 0 Å². The zero-order valence-corrected chi connectivity index (χ0v) is 22.7. The van der Waals surface area contributed by atoms with E-state index in [1.165, 1.54) is 83.5 Å². The topological polar surface area (TPSA) is 27.7 Å². The van der Waals surface area contributed by atoms with Gasteiger partial charge in [-0.2, -0.15) is 0 Å². The number of rotatable bonds is 15. The molecule has 0 heterocycles. The summed E-state index contributed by atoms with van der Waals surface area (Å²) < 4.78 is 18.3. The van der Waals surface area contributed by atoms with Crippen LogP contribution in [0.3, 0.4) is 0 Å². The van der Waals surface area contributed by atoms with Gasteiger partial charge < -0.3 is 13.6 Å². The molecule has 31 heavy (non-hydrogen) atoms. The van der Waals surface area contributed by atoms with Crippen molar-refractivity contribution in [1.82, 2.24) is 0 Å². The first-order valence-corrected chi connectivity index (χ1v) is 15.7. The molecule has 2 rings (SSSR count). The highest BCUT2D eigenvalue weighted by Gasteiger charge is 2.31. The summed E-state index contributed by atoms with van der Waals surface area (Å²) in [5, 5.41) is 0. The van der Waals surface area contributed by atoms with Gasteiger partial charge in [-0.15, -0.1) is 0 Å². The Kier molecular flexibility index (Phi) is 14.0. The molecule has 0 bridgehead atoms. The van der Waals surface area contributed by atoms with Gasteiger partial charge in [-0.1, -0.05) is 51.9 Å². The summed E-state index contributed by atoms with van der Waals surface area (Å²) in [4.78, 5) is 0. The van der Waals surface area contributed by atoms with Crippen LogP contribution in [-0.4, -0.2) is 34.2 Å². The maximum atomic E-state index is 6.27. The van der Waals surface area contributed by atoms with Crippen LogP contribution in [0, 0.1) is 17.8 Å². The first-order chi connectivity index (χ1) is 15.0. The van der Waals surface area contributed by atoms with Crippen LogP contribution >= 0.6 is 0 Å². The Bertz CT molecular complexity index is 416. The lowest BCUT2D eigenvalue weighted by atomic mass is 9.70. The number of hydrogen-bond acceptors (Lipinski definition) is 3. The number of unbranched alkanes of at least 4 members (excludes halogenated alkanes) is 3. The van der Waals surface area contributed by atoms with Crippen LogP contribution in [0.5, 0.6) is 0 Å². The van der Waals surface area contributed by atoms with Gasteiger partial charge >= 0.3 is 9.28 Å². The first kappa shape index (κ1) is 27.3. The maximum Gasteiger partial charge on any atom is 0.321 e. The van der Waals surface area contributed by atoms with Gasteiger partial charge in [0, 0.05) is 18.8 Å². The van der Waals surface area contributed by atoms with Crippen molar-refractivity contribution in [3.63, 3.8) is 0 Å². The molecule has 0 spiro atoms. The molecular weight excluding hydrogens is 400 g/mol. The molecule has 2 aliphatic rings. The molecule has 2 aliphatic carbocycles. The van der Waals surface area contributed by atoms with E-state index in [1.54, 1.807) is 0 Å². The Labute approximate surface area is 196 Å². The van der Waals surface area contributed by atoms with Gasteiger partial charge in [0.05, 0.1) is 6.10 Å². The fourth-order valence-electron chi connectivity index (χ4n) is 5.81. The highest BCUT2D eigenvalue weighted by Crippen LogP contribution is 2.41. The largest absolute Gasteiger partial charge is 0.394 e. The molecule has 0 aliphatic heterocycles. The van der Waals surface area contributed by atoms with Crippen LogP contribution in [-0.2, 0) is 13.6 Å². The Balaban J connectivity index is 1.54. The van der Waals surface area contributed by atoms with Crippen molar-refractivity contribution in [1.29, 1.82) is 0 Å². The van der Waals surface area contributed by atoms with Crippen LogP contribution in [0.1, 0.15) is 125 Å². The Morgan fingerprint density at radius 1 is 0.710 bits per heavy atom. The predicted molar refractivity (Wildman–Crippen MR) is 135 cm³/mol. The molecule has 3 nitrogen and oxygen atoms in total. The van der Waals surface area contributed by atoms with Gasteiger partial charge in [0.1, 0.15) is 0 Å². The van der Waals surface area contributed by atoms with E-state index in [4.69, 9.17) is 13.6 Å².